The molecule has 7 heteroatoms. The Morgan fingerprint density at radius 2 is 1.75 bits per heavy atom. The first-order valence-corrected chi connectivity index (χ1v) is 8.86. The van der Waals surface area contributed by atoms with E-state index in [-0.39, 0.29) is 17.7 Å². The summed E-state index contributed by atoms with van der Waals surface area (Å²) in [6.45, 7) is 1.75. The van der Waals surface area contributed by atoms with Gasteiger partial charge in [0.15, 0.2) is 5.82 Å². The Bertz CT molecular complexity index is 599. The largest absolute Gasteiger partial charge is 0.481 e. The van der Waals surface area contributed by atoms with Crippen molar-refractivity contribution in [3.8, 4) is 0 Å². The summed E-state index contributed by atoms with van der Waals surface area (Å²) in [7, 11) is 0. The smallest absolute Gasteiger partial charge is 0.306 e. The number of carbonyl (C=O) groups is 2. The third-order valence-corrected chi connectivity index (χ3v) is 5.47. The van der Waals surface area contributed by atoms with Crippen LogP contribution in [0.2, 0.25) is 0 Å². The van der Waals surface area contributed by atoms with Crippen LogP contribution in [0.1, 0.15) is 69.5 Å². The van der Waals surface area contributed by atoms with E-state index in [2.05, 4.69) is 15.5 Å². The molecule has 3 rings (SSSR count). The number of nitrogens with one attached hydrogen (secondary N) is 1. The fourth-order valence-corrected chi connectivity index (χ4v) is 3.99. The van der Waals surface area contributed by atoms with Crippen molar-refractivity contribution in [2.24, 2.45) is 11.8 Å². The lowest BCUT2D eigenvalue weighted by Crippen LogP contribution is -2.50. The monoisotopic (exact) mass is 335 g/mol. The molecule has 2 aliphatic carbocycles. The number of amides is 1. The van der Waals surface area contributed by atoms with Crippen molar-refractivity contribution in [1.29, 1.82) is 0 Å². The number of hydrogen-bond donors (Lipinski definition) is 2. The maximum atomic E-state index is 12.8. The molecule has 1 heterocycles. The molecule has 1 amide bonds. The van der Waals surface area contributed by atoms with Crippen molar-refractivity contribution in [3.05, 3.63) is 11.7 Å². The summed E-state index contributed by atoms with van der Waals surface area (Å²) in [4.78, 5) is 28.2. The second kappa shape index (κ2) is 6.91. The van der Waals surface area contributed by atoms with E-state index < -0.39 is 11.5 Å². The van der Waals surface area contributed by atoms with Crippen molar-refractivity contribution in [3.63, 3.8) is 0 Å². The van der Waals surface area contributed by atoms with E-state index in [9.17, 15) is 9.59 Å². The van der Waals surface area contributed by atoms with E-state index in [4.69, 9.17) is 9.63 Å². The van der Waals surface area contributed by atoms with Gasteiger partial charge in [0.05, 0.1) is 5.92 Å². The number of nitrogens with zero attached hydrogens (tertiary/aromatic N) is 2. The Balaban J connectivity index is 1.69. The SMILES string of the molecule is Cc1nc(C2(NC(=O)C3CCC(C(=O)O)CC3)CCCCC2)no1. The van der Waals surface area contributed by atoms with E-state index in [0.29, 0.717) is 37.4 Å². The van der Waals surface area contributed by atoms with Gasteiger partial charge in [0, 0.05) is 12.8 Å². The maximum absolute atomic E-state index is 12.8. The summed E-state index contributed by atoms with van der Waals surface area (Å²) in [5.74, 6) is -0.0912. The Labute approximate surface area is 141 Å². The lowest BCUT2D eigenvalue weighted by molar-refractivity contribution is -0.144. The molecule has 2 fully saturated rings. The summed E-state index contributed by atoms with van der Waals surface area (Å²) >= 11 is 0. The van der Waals surface area contributed by atoms with Gasteiger partial charge in [0.1, 0.15) is 5.54 Å². The van der Waals surface area contributed by atoms with Crippen molar-refractivity contribution >= 4 is 11.9 Å². The van der Waals surface area contributed by atoms with Crippen LogP contribution in [-0.4, -0.2) is 27.1 Å². The van der Waals surface area contributed by atoms with Gasteiger partial charge < -0.3 is 14.9 Å². The predicted molar refractivity (Wildman–Crippen MR) is 85.0 cm³/mol. The molecule has 24 heavy (non-hydrogen) atoms. The second-order valence-electron chi connectivity index (χ2n) is 7.16. The van der Waals surface area contributed by atoms with Crippen LogP contribution in [-0.2, 0) is 15.1 Å². The maximum Gasteiger partial charge on any atom is 0.306 e. The summed E-state index contributed by atoms with van der Waals surface area (Å²) in [5.41, 5.74) is -0.531. The molecule has 1 aromatic rings. The highest BCUT2D eigenvalue weighted by Crippen LogP contribution is 2.37. The van der Waals surface area contributed by atoms with Crippen LogP contribution in [0.4, 0.5) is 0 Å². The number of carbonyl (C=O) groups excluding carboxylic acids is 1. The van der Waals surface area contributed by atoms with Crippen molar-refractivity contribution in [2.45, 2.75) is 70.3 Å². The highest BCUT2D eigenvalue weighted by atomic mass is 16.5. The normalized spacial score (nSPS) is 26.7. The first-order chi connectivity index (χ1) is 11.5. The molecule has 2 saturated carbocycles. The topological polar surface area (TPSA) is 105 Å². The highest BCUT2D eigenvalue weighted by molar-refractivity contribution is 5.80. The summed E-state index contributed by atoms with van der Waals surface area (Å²) in [5, 5.41) is 16.4. The number of aryl methyl sites for hydroxylation is 1. The molecule has 2 N–H and O–H groups in total. The van der Waals surface area contributed by atoms with Gasteiger partial charge in [-0.05, 0) is 38.5 Å². The molecule has 132 valence electrons. The summed E-state index contributed by atoms with van der Waals surface area (Å²) in [6, 6.07) is 0. The number of carboxylic acids is 1. The molecule has 0 bridgehead atoms. The van der Waals surface area contributed by atoms with Crippen LogP contribution in [0.15, 0.2) is 4.52 Å². The Morgan fingerprint density at radius 3 is 2.29 bits per heavy atom. The number of aromatic nitrogens is 2. The van der Waals surface area contributed by atoms with E-state index in [1.165, 1.54) is 0 Å². The first kappa shape index (κ1) is 16.9. The van der Waals surface area contributed by atoms with Gasteiger partial charge in [0.25, 0.3) is 0 Å². The van der Waals surface area contributed by atoms with Crippen molar-refractivity contribution < 1.29 is 19.2 Å². The average molecular weight is 335 g/mol. The lowest BCUT2D eigenvalue weighted by atomic mass is 9.78. The van der Waals surface area contributed by atoms with E-state index in [1.54, 1.807) is 6.92 Å². The zero-order chi connectivity index (χ0) is 17.2. The quantitative estimate of drug-likeness (QED) is 0.876. The minimum absolute atomic E-state index is 0.00296. The van der Waals surface area contributed by atoms with Crippen molar-refractivity contribution in [1.82, 2.24) is 15.5 Å². The van der Waals surface area contributed by atoms with Gasteiger partial charge in [-0.1, -0.05) is 24.4 Å². The zero-order valence-electron chi connectivity index (χ0n) is 14.1. The minimum atomic E-state index is -0.750. The van der Waals surface area contributed by atoms with Crippen LogP contribution in [0.5, 0.6) is 0 Å². The minimum Gasteiger partial charge on any atom is -0.481 e. The molecule has 0 saturated heterocycles. The molecule has 0 atom stereocenters. The van der Waals surface area contributed by atoms with Gasteiger partial charge in [0.2, 0.25) is 11.8 Å². The molecule has 1 aromatic heterocycles. The van der Waals surface area contributed by atoms with E-state index in [1.807, 2.05) is 0 Å². The van der Waals surface area contributed by atoms with Gasteiger partial charge in [-0.25, -0.2) is 0 Å². The first-order valence-electron chi connectivity index (χ1n) is 8.86. The van der Waals surface area contributed by atoms with Crippen LogP contribution in [0.25, 0.3) is 0 Å². The van der Waals surface area contributed by atoms with Crippen LogP contribution in [0.3, 0.4) is 0 Å². The number of hydrogen-bond acceptors (Lipinski definition) is 5. The molecule has 0 spiro atoms. The summed E-state index contributed by atoms with van der Waals surface area (Å²) in [6.07, 6.45) is 7.25. The molecular weight excluding hydrogens is 310 g/mol. The molecular formula is C17H25N3O4. The van der Waals surface area contributed by atoms with Gasteiger partial charge >= 0.3 is 5.97 Å². The van der Waals surface area contributed by atoms with Crippen LogP contribution < -0.4 is 5.32 Å². The Hall–Kier alpha value is -1.92. The lowest BCUT2D eigenvalue weighted by Gasteiger charge is -2.37. The molecule has 0 radical (unpaired) electrons. The molecule has 0 aromatic carbocycles. The molecule has 0 unspecified atom stereocenters. The average Bonchev–Trinajstić information content (AvgIpc) is 3.03. The second-order valence-corrected chi connectivity index (χ2v) is 7.16. The van der Waals surface area contributed by atoms with E-state index >= 15 is 0 Å². The number of aliphatic carboxylic acids is 1. The fraction of sp³-hybridized carbons (Fsp3) is 0.765. The Kier molecular flexibility index (Phi) is 4.87. The Morgan fingerprint density at radius 1 is 1.12 bits per heavy atom. The van der Waals surface area contributed by atoms with Gasteiger partial charge in [-0.15, -0.1) is 0 Å². The molecule has 2 aliphatic rings. The number of carboxylic acid groups (broad SMARTS) is 1. The van der Waals surface area contributed by atoms with Crippen LogP contribution >= 0.6 is 0 Å². The zero-order valence-corrected chi connectivity index (χ0v) is 14.1. The predicted octanol–water partition coefficient (Wildman–Crippen LogP) is 2.54. The third kappa shape index (κ3) is 3.44. The molecule has 0 aliphatic heterocycles. The van der Waals surface area contributed by atoms with Gasteiger partial charge in [-0.3, -0.25) is 9.59 Å². The summed E-state index contributed by atoms with van der Waals surface area (Å²) < 4.78 is 5.13. The molecule has 7 nitrogen and oxygen atoms in total. The van der Waals surface area contributed by atoms with Gasteiger partial charge in [-0.2, -0.15) is 4.98 Å². The highest BCUT2D eigenvalue weighted by Gasteiger charge is 2.41. The van der Waals surface area contributed by atoms with Crippen LogP contribution in [0, 0.1) is 18.8 Å². The number of rotatable bonds is 4. The standard InChI is InChI=1S/C17H25N3O4/c1-11-18-16(20-24-11)17(9-3-2-4-10-17)19-14(21)12-5-7-13(8-6-12)15(22)23/h12-13H,2-10H2,1H3,(H,19,21)(H,22,23). The van der Waals surface area contributed by atoms with E-state index in [0.717, 1.165) is 32.1 Å². The van der Waals surface area contributed by atoms with Crippen molar-refractivity contribution in [2.75, 3.05) is 0 Å². The fourth-order valence-electron chi connectivity index (χ4n) is 3.99. The third-order valence-electron chi connectivity index (χ3n) is 5.47.